The van der Waals surface area contributed by atoms with Crippen molar-refractivity contribution in [3.8, 4) is 0 Å². The van der Waals surface area contributed by atoms with Gasteiger partial charge in [-0.25, -0.2) is 23.1 Å². The van der Waals surface area contributed by atoms with Gasteiger partial charge < -0.3 is 5.73 Å². The highest BCUT2D eigenvalue weighted by Gasteiger charge is 2.17. The largest absolute Gasteiger partial charge is 0.381 e. The van der Waals surface area contributed by atoms with Gasteiger partial charge in [-0.1, -0.05) is 0 Å². The average Bonchev–Trinajstić information content (AvgIpc) is 2.69. The summed E-state index contributed by atoms with van der Waals surface area (Å²) in [6, 6.07) is 0. The highest BCUT2D eigenvalue weighted by molar-refractivity contribution is 5.61. The molecule has 0 atom stereocenters. The lowest BCUT2D eigenvalue weighted by atomic mass is 10.3. The first-order chi connectivity index (χ1) is 7.72. The Morgan fingerprint density at radius 1 is 1.19 bits per heavy atom. The second kappa shape index (κ2) is 3.99. The maximum atomic E-state index is 12.8. The van der Waals surface area contributed by atoms with Crippen molar-refractivity contribution in [2.24, 2.45) is 0 Å². The van der Waals surface area contributed by atoms with E-state index in [2.05, 4.69) is 9.97 Å². The molecule has 2 heterocycles. The van der Waals surface area contributed by atoms with Gasteiger partial charge in [0.15, 0.2) is 11.5 Å². The molecule has 2 aromatic rings. The molecule has 0 aromatic carbocycles. The van der Waals surface area contributed by atoms with Gasteiger partial charge in [0, 0.05) is 0 Å². The van der Waals surface area contributed by atoms with E-state index in [1.807, 2.05) is 0 Å². The van der Waals surface area contributed by atoms with Crippen LogP contribution in [0.15, 0.2) is 6.20 Å². The minimum absolute atomic E-state index is 0.0146. The van der Waals surface area contributed by atoms with Gasteiger partial charge in [-0.05, 0) is 0 Å². The van der Waals surface area contributed by atoms with Crippen LogP contribution in [0.1, 0.15) is 17.1 Å². The van der Waals surface area contributed by atoms with Crippen molar-refractivity contribution >= 4 is 11.5 Å². The number of nitrogens with two attached hydrogens (primary N) is 1. The monoisotopic (exact) mass is 230 g/mol. The molecule has 0 bridgehead atoms. The van der Waals surface area contributed by atoms with E-state index in [1.54, 1.807) is 0 Å². The van der Waals surface area contributed by atoms with Crippen molar-refractivity contribution in [3.63, 3.8) is 0 Å². The van der Waals surface area contributed by atoms with Crippen LogP contribution in [0.3, 0.4) is 0 Å². The van der Waals surface area contributed by atoms with Gasteiger partial charge in [-0.2, -0.15) is 0 Å². The maximum Gasteiger partial charge on any atom is 0.180 e. The summed E-state index contributed by atoms with van der Waals surface area (Å²) in [5.41, 5.74) is 5.62. The number of hydrogen-bond donors (Lipinski definition) is 1. The molecule has 0 spiro atoms. The zero-order valence-electron chi connectivity index (χ0n) is 8.25. The Morgan fingerprint density at radius 3 is 2.50 bits per heavy atom. The summed E-state index contributed by atoms with van der Waals surface area (Å²) in [5, 5.41) is 0. The van der Waals surface area contributed by atoms with Crippen LogP contribution in [0.25, 0.3) is 5.65 Å². The van der Waals surface area contributed by atoms with Crippen molar-refractivity contribution < 1.29 is 13.2 Å². The third-order valence-corrected chi connectivity index (χ3v) is 2.31. The van der Waals surface area contributed by atoms with Crippen molar-refractivity contribution in [3.05, 3.63) is 23.3 Å². The zero-order chi connectivity index (χ0) is 11.7. The molecule has 0 aliphatic heterocycles. The number of aromatic nitrogens is 3. The van der Waals surface area contributed by atoms with Crippen molar-refractivity contribution in [2.45, 2.75) is 20.0 Å². The van der Waals surface area contributed by atoms with Crippen LogP contribution in [-0.4, -0.2) is 14.4 Å². The van der Waals surface area contributed by atoms with Crippen LogP contribution in [0.5, 0.6) is 0 Å². The SMILES string of the molecule is Nc1ncc(CF)n2c(CF)c(CF)nc12. The summed E-state index contributed by atoms with van der Waals surface area (Å²) < 4.78 is 39.2. The fourth-order valence-corrected chi connectivity index (χ4v) is 1.58. The molecule has 16 heavy (non-hydrogen) atoms. The Hall–Kier alpha value is -1.79. The molecule has 4 nitrogen and oxygen atoms in total. The van der Waals surface area contributed by atoms with E-state index >= 15 is 0 Å². The summed E-state index contributed by atoms with van der Waals surface area (Å²) in [4.78, 5) is 7.51. The normalized spacial score (nSPS) is 11.2. The molecule has 7 heteroatoms. The van der Waals surface area contributed by atoms with Gasteiger partial charge >= 0.3 is 0 Å². The summed E-state index contributed by atoms with van der Waals surface area (Å²) >= 11 is 0. The molecule has 0 aliphatic rings. The summed E-state index contributed by atoms with van der Waals surface area (Å²) in [6.07, 6.45) is 1.19. The van der Waals surface area contributed by atoms with Gasteiger partial charge in [0.2, 0.25) is 0 Å². The Bertz CT molecular complexity index is 523. The number of halogens is 3. The Kier molecular flexibility index (Phi) is 2.67. The topological polar surface area (TPSA) is 56.2 Å². The minimum atomic E-state index is -0.934. The van der Waals surface area contributed by atoms with E-state index in [9.17, 15) is 13.2 Å². The molecular formula is C9H9F3N4. The van der Waals surface area contributed by atoms with E-state index in [4.69, 9.17) is 5.73 Å². The number of hydrogen-bond acceptors (Lipinski definition) is 3. The molecule has 0 fully saturated rings. The van der Waals surface area contributed by atoms with Crippen molar-refractivity contribution in [2.75, 3.05) is 5.73 Å². The van der Waals surface area contributed by atoms with Crippen LogP contribution in [0.2, 0.25) is 0 Å². The third-order valence-electron chi connectivity index (χ3n) is 2.31. The summed E-state index contributed by atoms with van der Waals surface area (Å²) in [5.74, 6) is 0.0200. The predicted octanol–water partition coefficient (Wildman–Crippen LogP) is 1.72. The van der Waals surface area contributed by atoms with Gasteiger partial charge in [0.25, 0.3) is 0 Å². The Balaban J connectivity index is 2.85. The molecular weight excluding hydrogens is 221 g/mol. The van der Waals surface area contributed by atoms with Gasteiger partial charge in [0.1, 0.15) is 20.0 Å². The van der Waals surface area contributed by atoms with Crippen LogP contribution in [0.4, 0.5) is 19.0 Å². The van der Waals surface area contributed by atoms with Crippen LogP contribution < -0.4 is 5.73 Å². The van der Waals surface area contributed by atoms with Gasteiger partial charge in [-0.15, -0.1) is 0 Å². The lowest BCUT2D eigenvalue weighted by Crippen LogP contribution is -2.04. The van der Waals surface area contributed by atoms with E-state index < -0.39 is 20.0 Å². The van der Waals surface area contributed by atoms with Crippen LogP contribution in [0, 0.1) is 0 Å². The highest BCUT2D eigenvalue weighted by Crippen LogP contribution is 2.21. The highest BCUT2D eigenvalue weighted by atomic mass is 19.1. The average molecular weight is 230 g/mol. The standard InChI is InChI=1S/C9H9F3N4/c10-1-5-4-14-8(13)9-15-6(2-11)7(3-12)16(5)9/h4H,1-3H2,(H2,13,14). The van der Waals surface area contributed by atoms with Crippen molar-refractivity contribution in [1.29, 1.82) is 0 Å². The third kappa shape index (κ3) is 1.39. The first-order valence-electron chi connectivity index (χ1n) is 4.54. The summed E-state index contributed by atoms with van der Waals surface area (Å²) in [6.45, 7) is -2.71. The second-order valence-electron chi connectivity index (χ2n) is 3.20. The minimum Gasteiger partial charge on any atom is -0.381 e. The van der Waals surface area contributed by atoms with E-state index in [0.717, 1.165) is 0 Å². The van der Waals surface area contributed by atoms with E-state index in [0.29, 0.717) is 0 Å². The molecule has 0 amide bonds. The zero-order valence-corrected chi connectivity index (χ0v) is 8.25. The molecule has 0 saturated heterocycles. The van der Waals surface area contributed by atoms with Crippen LogP contribution >= 0.6 is 0 Å². The number of fused-ring (bicyclic) bond motifs is 1. The molecule has 2 rings (SSSR count). The molecule has 2 N–H and O–H groups in total. The molecule has 2 aromatic heterocycles. The number of alkyl halides is 3. The Labute approximate surface area is 88.9 Å². The number of imidazole rings is 1. The second-order valence-corrected chi connectivity index (χ2v) is 3.20. The fourth-order valence-electron chi connectivity index (χ4n) is 1.58. The number of anilines is 1. The molecule has 86 valence electrons. The fraction of sp³-hybridized carbons (Fsp3) is 0.333. The van der Waals surface area contributed by atoms with E-state index in [-0.39, 0.29) is 28.5 Å². The van der Waals surface area contributed by atoms with Gasteiger partial charge in [0.05, 0.1) is 23.3 Å². The maximum absolute atomic E-state index is 12.8. The first kappa shape index (κ1) is 10.7. The summed E-state index contributed by atoms with van der Waals surface area (Å²) in [7, 11) is 0. The van der Waals surface area contributed by atoms with E-state index in [1.165, 1.54) is 10.6 Å². The lowest BCUT2D eigenvalue weighted by Gasteiger charge is -2.04. The lowest BCUT2D eigenvalue weighted by molar-refractivity contribution is 0.434. The smallest absolute Gasteiger partial charge is 0.180 e. The molecule has 0 unspecified atom stereocenters. The predicted molar refractivity (Wildman–Crippen MR) is 51.8 cm³/mol. The number of rotatable bonds is 3. The van der Waals surface area contributed by atoms with Gasteiger partial charge in [-0.3, -0.25) is 4.40 Å². The number of nitrogens with zero attached hydrogens (tertiary/aromatic N) is 3. The quantitative estimate of drug-likeness (QED) is 0.873. The van der Waals surface area contributed by atoms with Crippen LogP contribution in [-0.2, 0) is 20.0 Å². The Morgan fingerprint density at radius 2 is 1.94 bits per heavy atom. The number of nitrogen functional groups attached to an aromatic ring is 1. The first-order valence-corrected chi connectivity index (χ1v) is 4.54. The molecule has 0 radical (unpaired) electrons. The molecule has 0 saturated carbocycles. The molecule has 0 aliphatic carbocycles. The van der Waals surface area contributed by atoms with Crippen molar-refractivity contribution in [1.82, 2.24) is 14.4 Å².